The third kappa shape index (κ3) is 4.92. The summed E-state index contributed by atoms with van der Waals surface area (Å²) < 4.78 is 5.95. The quantitative estimate of drug-likeness (QED) is 0.467. The van der Waals surface area contributed by atoms with Crippen LogP contribution in [0.3, 0.4) is 0 Å². The fourth-order valence-corrected chi connectivity index (χ4v) is 2.52. The van der Waals surface area contributed by atoms with Gasteiger partial charge in [0.1, 0.15) is 0 Å². The van der Waals surface area contributed by atoms with E-state index in [4.69, 9.17) is 4.42 Å². The first kappa shape index (κ1) is 18.6. The maximum Gasteiger partial charge on any atom is 0.291 e. The van der Waals surface area contributed by atoms with Gasteiger partial charge in [0, 0.05) is 15.7 Å². The molecule has 27 heavy (non-hydrogen) atoms. The first-order valence-electron chi connectivity index (χ1n) is 8.08. The molecule has 0 spiro atoms. The summed E-state index contributed by atoms with van der Waals surface area (Å²) >= 11 is 3.33. The fraction of sp³-hybridized carbons (Fsp3) is 0.0500. The van der Waals surface area contributed by atoms with Gasteiger partial charge in [0.05, 0.1) is 12.0 Å². The van der Waals surface area contributed by atoms with Gasteiger partial charge in [0.25, 0.3) is 11.8 Å². The Morgan fingerprint density at radius 3 is 2.22 bits per heavy atom. The van der Waals surface area contributed by atoms with Crippen LogP contribution in [0, 0.1) is 0 Å². The van der Waals surface area contributed by atoms with Crippen molar-refractivity contribution < 1.29 is 14.0 Å². The number of nitrogens with zero attached hydrogens (tertiary/aromatic N) is 1. The third-order valence-corrected chi connectivity index (χ3v) is 4.27. The zero-order valence-electron chi connectivity index (χ0n) is 14.4. The number of anilines is 1. The minimum absolute atomic E-state index is 0.243. The van der Waals surface area contributed by atoms with Crippen molar-refractivity contribution in [3.05, 3.63) is 88.3 Å². The predicted octanol–water partition coefficient (Wildman–Crippen LogP) is 4.45. The summed E-state index contributed by atoms with van der Waals surface area (Å²) in [6.45, 7) is 1.79. The summed E-state index contributed by atoms with van der Waals surface area (Å²) in [5.74, 6) is -0.364. The van der Waals surface area contributed by atoms with Crippen LogP contribution in [-0.4, -0.2) is 17.5 Å². The maximum absolute atomic E-state index is 12.1. The van der Waals surface area contributed by atoms with Crippen molar-refractivity contribution in [2.75, 3.05) is 5.32 Å². The molecule has 6 nitrogen and oxygen atoms in total. The third-order valence-electron chi connectivity index (χ3n) is 3.74. The Hall–Kier alpha value is -3.19. The molecular weight excluding hydrogens is 410 g/mol. The standard InChI is InChI=1S/C20H16BrN3O3/c1-13(23-24-19(25)15-4-8-16(21)9-5-15)14-6-10-17(11-7-14)22-20(26)18-3-2-12-27-18/h2-12H,1H3,(H,22,26)(H,24,25)/b23-13+. The molecule has 0 unspecified atom stereocenters. The van der Waals surface area contributed by atoms with Gasteiger partial charge >= 0.3 is 0 Å². The van der Waals surface area contributed by atoms with Crippen molar-refractivity contribution in [2.45, 2.75) is 6.92 Å². The minimum atomic E-state index is -0.320. The molecule has 3 rings (SSSR count). The summed E-state index contributed by atoms with van der Waals surface area (Å²) in [5, 5.41) is 6.87. The van der Waals surface area contributed by atoms with Crippen LogP contribution in [0.5, 0.6) is 0 Å². The summed E-state index contributed by atoms with van der Waals surface area (Å²) in [7, 11) is 0. The van der Waals surface area contributed by atoms with E-state index < -0.39 is 0 Å². The average molecular weight is 426 g/mol. The predicted molar refractivity (Wildman–Crippen MR) is 107 cm³/mol. The summed E-state index contributed by atoms with van der Waals surface area (Å²) in [6.07, 6.45) is 1.44. The number of rotatable bonds is 5. The number of halogens is 1. The number of hydrazone groups is 1. The van der Waals surface area contributed by atoms with Crippen molar-refractivity contribution in [2.24, 2.45) is 5.10 Å². The van der Waals surface area contributed by atoms with Gasteiger partial charge in [-0.05, 0) is 61.0 Å². The molecule has 2 aromatic carbocycles. The van der Waals surface area contributed by atoms with E-state index in [1.807, 2.05) is 12.1 Å². The molecule has 1 aromatic heterocycles. The fourth-order valence-electron chi connectivity index (χ4n) is 2.26. The molecule has 0 aliphatic carbocycles. The van der Waals surface area contributed by atoms with Crippen molar-refractivity contribution >= 4 is 39.1 Å². The van der Waals surface area contributed by atoms with Crippen LogP contribution >= 0.6 is 15.9 Å². The van der Waals surface area contributed by atoms with Crippen LogP contribution in [-0.2, 0) is 0 Å². The second-order valence-corrected chi connectivity index (χ2v) is 6.57. The molecule has 0 aliphatic rings. The summed E-state index contributed by atoms with van der Waals surface area (Å²) in [6, 6.07) is 17.4. The van der Waals surface area contributed by atoms with Gasteiger partial charge in [-0.3, -0.25) is 9.59 Å². The van der Waals surface area contributed by atoms with Crippen LogP contribution in [0.4, 0.5) is 5.69 Å². The molecule has 2 N–H and O–H groups in total. The highest BCUT2D eigenvalue weighted by molar-refractivity contribution is 9.10. The average Bonchev–Trinajstić information content (AvgIpc) is 3.22. The van der Waals surface area contributed by atoms with Crippen molar-refractivity contribution in [1.82, 2.24) is 5.43 Å². The molecule has 0 aliphatic heterocycles. The zero-order chi connectivity index (χ0) is 19.2. The number of benzene rings is 2. The Labute approximate surface area is 164 Å². The number of furan rings is 1. The Balaban J connectivity index is 1.62. The van der Waals surface area contributed by atoms with E-state index in [-0.39, 0.29) is 17.6 Å². The smallest absolute Gasteiger partial charge is 0.291 e. The van der Waals surface area contributed by atoms with E-state index in [0.717, 1.165) is 10.0 Å². The molecule has 0 atom stereocenters. The van der Waals surface area contributed by atoms with E-state index in [1.54, 1.807) is 55.5 Å². The Morgan fingerprint density at radius 2 is 1.59 bits per heavy atom. The van der Waals surface area contributed by atoms with Crippen LogP contribution in [0.2, 0.25) is 0 Å². The molecule has 7 heteroatoms. The second-order valence-electron chi connectivity index (χ2n) is 5.65. The number of amides is 2. The van der Waals surface area contributed by atoms with Crippen LogP contribution in [0.1, 0.15) is 33.4 Å². The lowest BCUT2D eigenvalue weighted by Gasteiger charge is -2.06. The van der Waals surface area contributed by atoms with E-state index in [9.17, 15) is 9.59 Å². The van der Waals surface area contributed by atoms with Crippen molar-refractivity contribution in [3.8, 4) is 0 Å². The molecule has 0 fully saturated rings. The lowest BCUT2D eigenvalue weighted by atomic mass is 10.1. The normalized spacial score (nSPS) is 11.1. The highest BCUT2D eigenvalue weighted by Crippen LogP contribution is 2.13. The van der Waals surface area contributed by atoms with Crippen LogP contribution < -0.4 is 10.7 Å². The van der Waals surface area contributed by atoms with Gasteiger partial charge in [0.15, 0.2) is 5.76 Å². The molecule has 3 aromatic rings. The van der Waals surface area contributed by atoms with Crippen molar-refractivity contribution in [1.29, 1.82) is 0 Å². The first-order valence-corrected chi connectivity index (χ1v) is 8.88. The summed E-state index contributed by atoms with van der Waals surface area (Å²) in [4.78, 5) is 24.0. The summed E-state index contributed by atoms with van der Waals surface area (Å²) in [5.41, 5.74) is 5.15. The SMILES string of the molecule is C/C(=N\NC(=O)c1ccc(Br)cc1)c1ccc(NC(=O)c2ccco2)cc1. The van der Waals surface area contributed by atoms with Gasteiger partial charge in [0.2, 0.25) is 0 Å². The van der Waals surface area contributed by atoms with Gasteiger partial charge in [-0.25, -0.2) is 5.43 Å². The lowest BCUT2D eigenvalue weighted by molar-refractivity contribution is 0.0953. The van der Waals surface area contributed by atoms with E-state index >= 15 is 0 Å². The molecule has 0 bridgehead atoms. The minimum Gasteiger partial charge on any atom is -0.459 e. The number of carbonyl (C=O) groups is 2. The highest BCUT2D eigenvalue weighted by Gasteiger charge is 2.09. The number of hydrogen-bond donors (Lipinski definition) is 2. The van der Waals surface area contributed by atoms with Crippen LogP contribution in [0.25, 0.3) is 0 Å². The van der Waals surface area contributed by atoms with Gasteiger partial charge in [-0.2, -0.15) is 5.10 Å². The molecule has 0 radical (unpaired) electrons. The molecule has 136 valence electrons. The Morgan fingerprint density at radius 1 is 0.926 bits per heavy atom. The van der Waals surface area contributed by atoms with E-state index in [2.05, 4.69) is 31.8 Å². The zero-order valence-corrected chi connectivity index (χ0v) is 16.0. The number of nitrogens with one attached hydrogen (secondary N) is 2. The first-order chi connectivity index (χ1) is 13.0. The molecule has 1 heterocycles. The Bertz CT molecular complexity index is 963. The van der Waals surface area contributed by atoms with Crippen molar-refractivity contribution in [3.63, 3.8) is 0 Å². The van der Waals surface area contributed by atoms with Gasteiger partial charge in [-0.1, -0.05) is 28.1 Å². The maximum atomic E-state index is 12.1. The number of carbonyl (C=O) groups excluding carboxylic acids is 2. The van der Waals surface area contributed by atoms with Gasteiger partial charge in [-0.15, -0.1) is 0 Å². The Kier molecular flexibility index (Phi) is 5.83. The molecular formula is C20H16BrN3O3. The van der Waals surface area contributed by atoms with E-state index in [0.29, 0.717) is 17.0 Å². The molecule has 0 saturated heterocycles. The number of hydrogen-bond acceptors (Lipinski definition) is 4. The monoisotopic (exact) mass is 425 g/mol. The highest BCUT2D eigenvalue weighted by atomic mass is 79.9. The van der Waals surface area contributed by atoms with Gasteiger partial charge < -0.3 is 9.73 Å². The molecule has 2 amide bonds. The second kappa shape index (κ2) is 8.46. The van der Waals surface area contributed by atoms with E-state index in [1.165, 1.54) is 6.26 Å². The van der Waals surface area contributed by atoms with Crippen LogP contribution in [0.15, 0.2) is 80.9 Å². The lowest BCUT2D eigenvalue weighted by Crippen LogP contribution is -2.19. The largest absolute Gasteiger partial charge is 0.459 e. The topological polar surface area (TPSA) is 83.7 Å². The molecule has 0 saturated carbocycles.